The molecule has 212 valence electrons. The normalized spacial score (nSPS) is 17.5. The van der Waals surface area contributed by atoms with Crippen molar-refractivity contribution in [1.29, 1.82) is 0 Å². The van der Waals surface area contributed by atoms with Gasteiger partial charge in [-0.3, -0.25) is 10.1 Å². The lowest BCUT2D eigenvalue weighted by atomic mass is 9.74. The predicted molar refractivity (Wildman–Crippen MR) is 161 cm³/mol. The van der Waals surface area contributed by atoms with Crippen molar-refractivity contribution < 1.29 is 9.59 Å². The number of aromatic nitrogens is 2. The zero-order chi connectivity index (χ0) is 28.3. The Morgan fingerprint density at radius 3 is 2.33 bits per heavy atom. The maximum Gasteiger partial charge on any atom is 0.324 e. The van der Waals surface area contributed by atoms with Gasteiger partial charge in [-0.15, -0.1) is 0 Å². The number of ketones is 1. The summed E-state index contributed by atoms with van der Waals surface area (Å²) < 4.78 is 1.78. The smallest absolute Gasteiger partial charge is 0.317 e. The first-order valence-corrected chi connectivity index (χ1v) is 14.8. The Labute approximate surface area is 238 Å². The van der Waals surface area contributed by atoms with Crippen LogP contribution < -0.4 is 16.0 Å². The molecule has 1 saturated heterocycles. The fourth-order valence-corrected chi connectivity index (χ4v) is 6.12. The molecule has 2 amide bonds. The highest BCUT2D eigenvalue weighted by atomic mass is 16.2. The largest absolute Gasteiger partial charge is 0.324 e. The van der Waals surface area contributed by atoms with E-state index in [1.54, 1.807) is 4.68 Å². The van der Waals surface area contributed by atoms with Gasteiger partial charge in [-0.1, -0.05) is 63.4 Å². The quantitative estimate of drug-likeness (QED) is 0.302. The van der Waals surface area contributed by atoms with Gasteiger partial charge in [0, 0.05) is 29.0 Å². The zero-order valence-corrected chi connectivity index (χ0v) is 24.3. The molecule has 1 aliphatic carbocycles. The van der Waals surface area contributed by atoms with Gasteiger partial charge >= 0.3 is 6.03 Å². The molecular weight excluding hydrogens is 498 g/mol. The van der Waals surface area contributed by atoms with Crippen LogP contribution in [-0.2, 0) is 10.2 Å². The molecule has 0 radical (unpaired) electrons. The molecule has 1 aromatic heterocycles. The van der Waals surface area contributed by atoms with Gasteiger partial charge in [0.15, 0.2) is 0 Å². The van der Waals surface area contributed by atoms with Gasteiger partial charge in [-0.25, -0.2) is 9.48 Å². The first-order chi connectivity index (χ1) is 19.2. The number of piperidine rings is 1. The fraction of sp³-hybridized carbons (Fsp3) is 0.485. The Bertz CT molecular complexity index is 1330. The number of rotatable bonds is 7. The molecule has 7 nitrogen and oxygen atoms in total. The van der Waals surface area contributed by atoms with E-state index >= 15 is 0 Å². The topological polar surface area (TPSA) is 88.1 Å². The fourth-order valence-electron chi connectivity index (χ4n) is 6.12. The van der Waals surface area contributed by atoms with E-state index in [2.05, 4.69) is 42.8 Å². The van der Waals surface area contributed by atoms with Gasteiger partial charge in [0.2, 0.25) is 0 Å². The first kappa shape index (κ1) is 28.1. The second-order valence-electron chi connectivity index (χ2n) is 12.6. The monoisotopic (exact) mass is 541 g/mol. The van der Waals surface area contributed by atoms with E-state index in [0.29, 0.717) is 23.2 Å². The molecule has 2 aliphatic rings. The molecule has 40 heavy (non-hydrogen) atoms. The van der Waals surface area contributed by atoms with Gasteiger partial charge < -0.3 is 10.6 Å². The number of carbonyl (C=O) groups excluding carboxylic acids is 2. The summed E-state index contributed by atoms with van der Waals surface area (Å²) in [5.41, 5.74) is 4.46. The summed E-state index contributed by atoms with van der Waals surface area (Å²) in [7, 11) is 0. The number of Topliss-reactive ketones (excluding diaryl/α,β-unsaturated/α-hetero) is 1. The molecule has 1 unspecified atom stereocenters. The molecule has 7 heteroatoms. The molecule has 1 saturated carbocycles. The molecule has 2 heterocycles. The Morgan fingerprint density at radius 1 is 0.950 bits per heavy atom. The van der Waals surface area contributed by atoms with Crippen LogP contribution in [0.4, 0.5) is 16.3 Å². The van der Waals surface area contributed by atoms with Gasteiger partial charge in [0.05, 0.1) is 11.4 Å². The summed E-state index contributed by atoms with van der Waals surface area (Å²) >= 11 is 0. The lowest BCUT2D eigenvalue weighted by molar-refractivity contribution is -0.125. The van der Waals surface area contributed by atoms with Crippen molar-refractivity contribution >= 4 is 23.3 Å². The van der Waals surface area contributed by atoms with E-state index in [9.17, 15) is 9.59 Å². The molecule has 0 bridgehead atoms. The molecule has 1 atom stereocenters. The maximum absolute atomic E-state index is 13.8. The summed E-state index contributed by atoms with van der Waals surface area (Å²) in [4.78, 5) is 27.0. The van der Waals surface area contributed by atoms with Crippen LogP contribution in [0.2, 0.25) is 0 Å². The number of hydrogen-bond acceptors (Lipinski definition) is 4. The van der Waals surface area contributed by atoms with Crippen molar-refractivity contribution in [3.63, 3.8) is 0 Å². The van der Waals surface area contributed by atoms with Crippen molar-refractivity contribution in [1.82, 2.24) is 15.1 Å². The van der Waals surface area contributed by atoms with Crippen molar-refractivity contribution in [2.45, 2.75) is 77.6 Å². The van der Waals surface area contributed by atoms with Crippen LogP contribution in [0, 0.1) is 18.8 Å². The number of nitrogens with one attached hydrogen (secondary N) is 3. The van der Waals surface area contributed by atoms with Crippen LogP contribution in [0.3, 0.4) is 0 Å². The number of anilines is 2. The van der Waals surface area contributed by atoms with Crippen molar-refractivity contribution in [2.24, 2.45) is 11.8 Å². The number of urea groups is 1. The maximum atomic E-state index is 13.8. The molecule has 0 spiro atoms. The van der Waals surface area contributed by atoms with Crippen molar-refractivity contribution in [3.05, 3.63) is 71.4 Å². The Balaban J connectivity index is 1.37. The van der Waals surface area contributed by atoms with Gasteiger partial charge in [0.1, 0.15) is 11.6 Å². The average molecular weight is 542 g/mol. The van der Waals surface area contributed by atoms with Crippen LogP contribution >= 0.6 is 0 Å². The number of amides is 2. The van der Waals surface area contributed by atoms with Crippen LogP contribution in [-0.4, -0.2) is 34.7 Å². The molecule has 3 N–H and O–H groups in total. The minimum atomic E-state index is -0.341. The SMILES string of the molecule is Cc1ccc(-n2nc(C(C)(C)C)cc2NC(=O)Nc2cccc(C(C(=O)C3CCCC3)C3CCNCC3)c2)cc1. The molecular formula is C33H43N5O2. The summed E-state index contributed by atoms with van der Waals surface area (Å²) in [5.74, 6) is 1.37. The number of carbonyl (C=O) groups is 2. The highest BCUT2D eigenvalue weighted by molar-refractivity contribution is 5.99. The van der Waals surface area contributed by atoms with Crippen LogP contribution in [0.25, 0.3) is 5.69 Å². The highest BCUT2D eigenvalue weighted by Gasteiger charge is 2.36. The second-order valence-corrected chi connectivity index (χ2v) is 12.6. The predicted octanol–water partition coefficient (Wildman–Crippen LogP) is 6.96. The molecule has 5 rings (SSSR count). The third-order valence-corrected chi connectivity index (χ3v) is 8.42. The Hall–Kier alpha value is -3.45. The molecule has 1 aliphatic heterocycles. The van der Waals surface area contributed by atoms with E-state index in [1.807, 2.05) is 55.5 Å². The number of hydrogen-bond donors (Lipinski definition) is 3. The van der Waals surface area contributed by atoms with Crippen LogP contribution in [0.5, 0.6) is 0 Å². The summed E-state index contributed by atoms with van der Waals surface area (Å²) in [5, 5.41) is 14.3. The van der Waals surface area contributed by atoms with E-state index in [-0.39, 0.29) is 23.3 Å². The Kier molecular flexibility index (Phi) is 8.40. The lowest BCUT2D eigenvalue weighted by Crippen LogP contribution is -2.35. The van der Waals surface area contributed by atoms with Gasteiger partial charge in [-0.05, 0) is 81.4 Å². The van der Waals surface area contributed by atoms with E-state index in [0.717, 1.165) is 74.1 Å². The number of benzene rings is 2. The second kappa shape index (κ2) is 12.0. The standard InChI is InChI=1S/C33H43N5O2/c1-22-12-14-27(15-13-22)38-29(21-28(37-38)33(2,3)4)36-32(40)35-26-11-7-10-25(20-26)30(23-16-18-34-19-17-23)31(39)24-8-5-6-9-24/h7,10-15,20-21,23-24,30,34H,5-6,8-9,16-19H2,1-4H3,(H2,35,36,40). The summed E-state index contributed by atoms with van der Waals surface area (Å²) in [6, 6.07) is 17.6. The van der Waals surface area contributed by atoms with Crippen LogP contribution in [0.1, 0.15) is 82.0 Å². The lowest BCUT2D eigenvalue weighted by Gasteiger charge is -2.32. The average Bonchev–Trinajstić information content (AvgIpc) is 3.61. The van der Waals surface area contributed by atoms with Crippen molar-refractivity contribution in [3.8, 4) is 5.69 Å². The van der Waals surface area contributed by atoms with E-state index in [1.165, 1.54) is 0 Å². The number of nitrogens with zero attached hydrogens (tertiary/aromatic N) is 2. The molecule has 2 aromatic carbocycles. The third kappa shape index (κ3) is 6.47. The van der Waals surface area contributed by atoms with Crippen molar-refractivity contribution in [2.75, 3.05) is 23.7 Å². The summed E-state index contributed by atoms with van der Waals surface area (Å²) in [6.45, 7) is 10.3. The Morgan fingerprint density at radius 2 is 1.65 bits per heavy atom. The minimum Gasteiger partial charge on any atom is -0.317 e. The highest BCUT2D eigenvalue weighted by Crippen LogP contribution is 2.39. The van der Waals surface area contributed by atoms with Crippen LogP contribution in [0.15, 0.2) is 54.6 Å². The minimum absolute atomic E-state index is 0.118. The zero-order valence-electron chi connectivity index (χ0n) is 24.3. The van der Waals surface area contributed by atoms with Gasteiger partial charge in [-0.2, -0.15) is 5.10 Å². The first-order valence-electron chi connectivity index (χ1n) is 14.8. The molecule has 2 fully saturated rings. The summed E-state index contributed by atoms with van der Waals surface area (Å²) in [6.07, 6.45) is 6.30. The van der Waals surface area contributed by atoms with Gasteiger partial charge in [0.25, 0.3) is 0 Å². The third-order valence-electron chi connectivity index (χ3n) is 8.42. The van der Waals surface area contributed by atoms with E-state index in [4.69, 9.17) is 5.10 Å². The number of aryl methyl sites for hydroxylation is 1. The molecule has 3 aromatic rings. The van der Waals surface area contributed by atoms with E-state index < -0.39 is 0 Å².